The van der Waals surface area contributed by atoms with Crippen LogP contribution in [0.1, 0.15) is 30.4 Å². The van der Waals surface area contributed by atoms with Crippen molar-refractivity contribution in [2.45, 2.75) is 31.6 Å². The van der Waals surface area contributed by atoms with Crippen molar-refractivity contribution in [3.05, 3.63) is 23.3 Å². The number of fused-ring (bicyclic) bond motifs is 2. The van der Waals surface area contributed by atoms with Crippen LogP contribution in [0.2, 0.25) is 0 Å². The quantitative estimate of drug-likeness (QED) is 0.757. The van der Waals surface area contributed by atoms with Gasteiger partial charge in [0, 0.05) is 17.6 Å². The molecule has 1 aliphatic carbocycles. The normalized spacial score (nSPS) is 20.7. The number of methoxy groups -OCH3 is 1. The number of rotatable bonds is 1. The molecule has 80 valence electrons. The second-order valence-corrected chi connectivity index (χ2v) is 4.85. The highest BCUT2D eigenvalue weighted by Gasteiger charge is 2.44. The van der Waals surface area contributed by atoms with Crippen LogP contribution in [0.4, 0.5) is 5.69 Å². The van der Waals surface area contributed by atoms with Crippen LogP contribution < -0.4 is 10.1 Å². The minimum atomic E-state index is 0.439. The van der Waals surface area contributed by atoms with Crippen LogP contribution in [-0.4, -0.2) is 13.7 Å². The first-order valence-corrected chi connectivity index (χ1v) is 5.68. The van der Waals surface area contributed by atoms with Gasteiger partial charge in [0.1, 0.15) is 5.75 Å². The van der Waals surface area contributed by atoms with Gasteiger partial charge in [-0.3, -0.25) is 0 Å². The molecule has 0 bridgehead atoms. The van der Waals surface area contributed by atoms with E-state index in [4.69, 9.17) is 4.74 Å². The van der Waals surface area contributed by atoms with Crippen LogP contribution in [0, 0.1) is 6.92 Å². The Morgan fingerprint density at radius 3 is 2.73 bits per heavy atom. The van der Waals surface area contributed by atoms with Gasteiger partial charge in [0.25, 0.3) is 0 Å². The number of nitrogens with one attached hydrogen (secondary N) is 1. The number of hydrogen-bond acceptors (Lipinski definition) is 2. The molecule has 1 heterocycles. The molecular weight excluding hydrogens is 186 g/mol. The van der Waals surface area contributed by atoms with Crippen molar-refractivity contribution in [2.75, 3.05) is 19.0 Å². The van der Waals surface area contributed by atoms with Crippen molar-refractivity contribution >= 4 is 5.69 Å². The summed E-state index contributed by atoms with van der Waals surface area (Å²) < 4.78 is 5.35. The van der Waals surface area contributed by atoms with Gasteiger partial charge in [-0.05, 0) is 43.0 Å². The van der Waals surface area contributed by atoms with Crippen molar-refractivity contribution in [2.24, 2.45) is 0 Å². The Kier molecular flexibility index (Phi) is 1.76. The van der Waals surface area contributed by atoms with Gasteiger partial charge >= 0.3 is 0 Å². The monoisotopic (exact) mass is 203 g/mol. The molecule has 1 aromatic carbocycles. The van der Waals surface area contributed by atoms with Gasteiger partial charge in [-0.15, -0.1) is 0 Å². The number of aryl methyl sites for hydroxylation is 1. The summed E-state index contributed by atoms with van der Waals surface area (Å²) in [7, 11) is 1.75. The number of hydrogen-bond donors (Lipinski definition) is 1. The Hall–Kier alpha value is -1.18. The molecule has 2 heteroatoms. The highest BCUT2D eigenvalue weighted by Crippen LogP contribution is 2.51. The van der Waals surface area contributed by atoms with Gasteiger partial charge in [-0.1, -0.05) is 6.42 Å². The molecule has 1 aromatic rings. The lowest BCUT2D eigenvalue weighted by molar-refractivity contribution is 0.271. The first-order chi connectivity index (χ1) is 7.25. The molecule has 0 saturated heterocycles. The predicted molar refractivity (Wildman–Crippen MR) is 61.7 cm³/mol. The molecule has 0 amide bonds. The highest BCUT2D eigenvalue weighted by molar-refractivity contribution is 5.67. The largest absolute Gasteiger partial charge is 0.497 e. The summed E-state index contributed by atoms with van der Waals surface area (Å²) in [4.78, 5) is 0. The molecule has 3 rings (SSSR count). The van der Waals surface area contributed by atoms with Crippen molar-refractivity contribution < 1.29 is 4.74 Å². The average molecular weight is 203 g/mol. The fourth-order valence-corrected chi connectivity index (χ4v) is 2.93. The molecule has 1 spiro atoms. The maximum atomic E-state index is 5.35. The molecule has 0 aromatic heterocycles. The number of ether oxygens (including phenoxy) is 1. The van der Waals surface area contributed by atoms with Crippen LogP contribution in [0.3, 0.4) is 0 Å². The second-order valence-electron chi connectivity index (χ2n) is 4.85. The third-order valence-electron chi connectivity index (χ3n) is 4.03. The zero-order valence-electron chi connectivity index (χ0n) is 9.39. The Morgan fingerprint density at radius 2 is 2.13 bits per heavy atom. The summed E-state index contributed by atoms with van der Waals surface area (Å²) in [5, 5.41) is 3.56. The van der Waals surface area contributed by atoms with E-state index in [1.54, 1.807) is 7.11 Å². The molecule has 0 atom stereocenters. The molecular formula is C13H17NO. The third kappa shape index (κ3) is 1.11. The van der Waals surface area contributed by atoms with Gasteiger partial charge in [0.15, 0.2) is 0 Å². The van der Waals surface area contributed by atoms with E-state index in [2.05, 4.69) is 24.4 Å². The van der Waals surface area contributed by atoms with Gasteiger partial charge in [-0.25, -0.2) is 0 Å². The number of benzene rings is 1. The summed E-state index contributed by atoms with van der Waals surface area (Å²) in [5.74, 6) is 1.00. The van der Waals surface area contributed by atoms with E-state index in [0.717, 1.165) is 12.3 Å². The average Bonchev–Trinajstić information content (AvgIpc) is 2.56. The lowest BCUT2D eigenvalue weighted by Gasteiger charge is -2.38. The van der Waals surface area contributed by atoms with E-state index in [-0.39, 0.29) is 0 Å². The van der Waals surface area contributed by atoms with Crippen molar-refractivity contribution in [1.82, 2.24) is 0 Å². The smallest absolute Gasteiger partial charge is 0.119 e. The van der Waals surface area contributed by atoms with Crippen LogP contribution in [0.25, 0.3) is 0 Å². The van der Waals surface area contributed by atoms with Crippen molar-refractivity contribution in [1.29, 1.82) is 0 Å². The predicted octanol–water partition coefficient (Wildman–Crippen LogP) is 2.85. The summed E-state index contributed by atoms with van der Waals surface area (Å²) in [6.07, 6.45) is 4.04. The first-order valence-electron chi connectivity index (χ1n) is 5.68. The summed E-state index contributed by atoms with van der Waals surface area (Å²) in [5.41, 5.74) is 4.60. The van der Waals surface area contributed by atoms with Crippen LogP contribution >= 0.6 is 0 Å². The maximum absolute atomic E-state index is 5.35. The Bertz CT molecular complexity index is 407. The van der Waals surface area contributed by atoms with E-state index < -0.39 is 0 Å². The fraction of sp³-hybridized carbons (Fsp3) is 0.538. The lowest BCUT2D eigenvalue weighted by atomic mass is 9.65. The highest BCUT2D eigenvalue weighted by atomic mass is 16.5. The summed E-state index contributed by atoms with van der Waals surface area (Å²) in [6, 6.07) is 4.34. The van der Waals surface area contributed by atoms with Crippen LogP contribution in [0.15, 0.2) is 12.1 Å². The van der Waals surface area contributed by atoms with Gasteiger partial charge in [0.2, 0.25) is 0 Å². The Balaban J connectivity index is 2.14. The molecule has 1 fully saturated rings. The Morgan fingerprint density at radius 1 is 1.33 bits per heavy atom. The third-order valence-corrected chi connectivity index (χ3v) is 4.03. The zero-order valence-corrected chi connectivity index (χ0v) is 9.39. The van der Waals surface area contributed by atoms with Gasteiger partial charge < -0.3 is 10.1 Å². The topological polar surface area (TPSA) is 21.3 Å². The van der Waals surface area contributed by atoms with Gasteiger partial charge in [-0.2, -0.15) is 0 Å². The van der Waals surface area contributed by atoms with Gasteiger partial charge in [0.05, 0.1) is 7.11 Å². The van der Waals surface area contributed by atoms with E-state index >= 15 is 0 Å². The SMILES string of the molecule is COc1cc(C)c2c(c1)C1(CCC1)CN2. The van der Waals surface area contributed by atoms with E-state index in [1.165, 1.54) is 36.1 Å². The van der Waals surface area contributed by atoms with E-state index in [1.807, 2.05) is 0 Å². The molecule has 1 aliphatic heterocycles. The molecule has 0 radical (unpaired) electrons. The summed E-state index contributed by atoms with van der Waals surface area (Å²) in [6.45, 7) is 3.28. The zero-order chi connectivity index (χ0) is 10.5. The fourth-order valence-electron chi connectivity index (χ4n) is 2.93. The molecule has 2 nitrogen and oxygen atoms in total. The first kappa shape index (κ1) is 9.08. The van der Waals surface area contributed by atoms with Crippen LogP contribution in [0.5, 0.6) is 5.75 Å². The molecule has 2 aliphatic rings. The van der Waals surface area contributed by atoms with E-state index in [0.29, 0.717) is 5.41 Å². The minimum Gasteiger partial charge on any atom is -0.497 e. The molecule has 1 saturated carbocycles. The van der Waals surface area contributed by atoms with Crippen molar-refractivity contribution in [3.8, 4) is 5.75 Å². The molecule has 15 heavy (non-hydrogen) atoms. The van der Waals surface area contributed by atoms with Crippen molar-refractivity contribution in [3.63, 3.8) is 0 Å². The molecule has 1 N–H and O–H groups in total. The maximum Gasteiger partial charge on any atom is 0.119 e. The lowest BCUT2D eigenvalue weighted by Crippen LogP contribution is -2.35. The minimum absolute atomic E-state index is 0.439. The summed E-state index contributed by atoms with van der Waals surface area (Å²) >= 11 is 0. The molecule has 0 unspecified atom stereocenters. The van der Waals surface area contributed by atoms with E-state index in [9.17, 15) is 0 Å². The Labute approximate surface area is 90.6 Å². The standard InChI is InChI=1S/C13H17NO/c1-9-6-10(15-2)7-11-12(9)14-8-13(11)4-3-5-13/h6-7,14H,3-5,8H2,1-2H3. The number of anilines is 1. The second kappa shape index (κ2) is 2.91. The van der Waals surface area contributed by atoms with Crippen LogP contribution in [-0.2, 0) is 5.41 Å².